The molecule has 3 heterocycles. The Morgan fingerprint density at radius 2 is 2.03 bits per heavy atom. The highest BCUT2D eigenvalue weighted by molar-refractivity contribution is 6.30. The number of benzene rings is 2. The van der Waals surface area contributed by atoms with Crippen LogP contribution < -0.4 is 9.47 Å². The van der Waals surface area contributed by atoms with E-state index in [0.29, 0.717) is 40.4 Å². The second-order valence-corrected chi connectivity index (χ2v) is 8.59. The maximum absolute atomic E-state index is 15.5. The van der Waals surface area contributed by atoms with Crippen molar-refractivity contribution >= 4 is 17.6 Å². The third-order valence-electron chi connectivity index (χ3n) is 6.15. The Balaban J connectivity index is 1.65. The summed E-state index contributed by atoms with van der Waals surface area (Å²) in [7, 11) is 3.06. The SMILES string of the molecule is COc1cccc([C@H]2O[C@H](CCn3nncc3C(=O)O)c3cccn3-c3c(F)cc(Cl)cc32)c1OC. The summed E-state index contributed by atoms with van der Waals surface area (Å²) >= 11 is 6.30. The molecule has 4 aromatic rings. The lowest BCUT2D eigenvalue weighted by atomic mass is 9.98. The number of carboxylic acids is 1. The van der Waals surface area contributed by atoms with Crippen molar-refractivity contribution in [2.75, 3.05) is 14.2 Å². The van der Waals surface area contributed by atoms with Gasteiger partial charge in [-0.05, 0) is 36.8 Å². The smallest absolute Gasteiger partial charge is 0.355 e. The maximum atomic E-state index is 15.5. The quantitative estimate of drug-likeness (QED) is 0.378. The van der Waals surface area contributed by atoms with E-state index >= 15 is 4.39 Å². The highest BCUT2D eigenvalue weighted by Gasteiger charge is 2.34. The van der Waals surface area contributed by atoms with Crippen molar-refractivity contribution in [3.05, 3.63) is 88.2 Å². The van der Waals surface area contributed by atoms with Crippen molar-refractivity contribution in [3.63, 3.8) is 0 Å². The van der Waals surface area contributed by atoms with Gasteiger partial charge in [-0.3, -0.25) is 0 Å². The second-order valence-electron chi connectivity index (χ2n) is 8.15. The Labute approximate surface area is 210 Å². The van der Waals surface area contributed by atoms with E-state index < -0.39 is 24.0 Å². The molecule has 0 unspecified atom stereocenters. The lowest BCUT2D eigenvalue weighted by Crippen LogP contribution is -2.16. The molecule has 0 saturated heterocycles. The number of aromatic nitrogens is 4. The zero-order valence-corrected chi connectivity index (χ0v) is 20.1. The van der Waals surface area contributed by atoms with Gasteiger partial charge in [0.1, 0.15) is 18.0 Å². The molecule has 36 heavy (non-hydrogen) atoms. The zero-order chi connectivity index (χ0) is 25.4. The molecule has 11 heteroatoms. The fraction of sp³-hybridized carbons (Fsp3) is 0.240. The maximum Gasteiger partial charge on any atom is 0.355 e. The molecule has 0 saturated carbocycles. The van der Waals surface area contributed by atoms with Crippen LogP contribution in [0.2, 0.25) is 5.02 Å². The van der Waals surface area contributed by atoms with Crippen molar-refractivity contribution in [2.24, 2.45) is 0 Å². The van der Waals surface area contributed by atoms with E-state index in [1.54, 1.807) is 35.0 Å². The summed E-state index contributed by atoms with van der Waals surface area (Å²) in [6.45, 7) is 0.207. The predicted octanol–water partition coefficient (Wildman–Crippen LogP) is 4.83. The molecular formula is C25H22ClFN4O5. The largest absolute Gasteiger partial charge is 0.493 e. The van der Waals surface area contributed by atoms with Crippen LogP contribution in [0.15, 0.2) is 54.9 Å². The summed E-state index contributed by atoms with van der Waals surface area (Å²) in [5.41, 5.74) is 2.11. The number of hydrogen-bond acceptors (Lipinski definition) is 6. The van der Waals surface area contributed by atoms with Gasteiger partial charge in [-0.25, -0.2) is 13.9 Å². The summed E-state index contributed by atoms with van der Waals surface area (Å²) in [5.74, 6) is -0.688. The van der Waals surface area contributed by atoms with Crippen LogP contribution in [0.25, 0.3) is 5.69 Å². The molecule has 2 aromatic carbocycles. The Hall–Kier alpha value is -3.89. The molecule has 0 aliphatic carbocycles. The van der Waals surface area contributed by atoms with Crippen molar-refractivity contribution in [3.8, 4) is 17.2 Å². The standard InChI is InChI=1S/C25H22ClFN4O5/c1-34-21-7-3-5-15(24(21)35-2)23-16-11-14(26)12-17(27)22(16)30-9-4-6-18(30)20(36-23)8-10-31-19(25(32)33)13-28-29-31/h3-7,9,11-13,20,23H,8,10H2,1-2H3,(H,32,33)/t20-,23-/m1/s1. The number of hydrogen-bond donors (Lipinski definition) is 1. The first-order valence-electron chi connectivity index (χ1n) is 11.1. The van der Waals surface area contributed by atoms with Gasteiger partial charge in [-0.1, -0.05) is 28.9 Å². The highest BCUT2D eigenvalue weighted by atomic mass is 35.5. The number of para-hydroxylation sites is 1. The summed E-state index contributed by atoms with van der Waals surface area (Å²) in [6, 6.07) is 12.0. The Bertz CT molecular complexity index is 1440. The van der Waals surface area contributed by atoms with Gasteiger partial charge in [0.25, 0.3) is 0 Å². The fourth-order valence-electron chi connectivity index (χ4n) is 4.61. The second kappa shape index (κ2) is 9.63. The normalized spacial score (nSPS) is 16.7. The van der Waals surface area contributed by atoms with E-state index in [9.17, 15) is 9.90 Å². The molecular weight excluding hydrogens is 491 g/mol. The van der Waals surface area contributed by atoms with E-state index in [1.807, 2.05) is 12.1 Å². The van der Waals surface area contributed by atoms with Gasteiger partial charge in [-0.15, -0.1) is 5.10 Å². The van der Waals surface area contributed by atoms with Gasteiger partial charge in [-0.2, -0.15) is 0 Å². The fourth-order valence-corrected chi connectivity index (χ4v) is 4.82. The minimum Gasteiger partial charge on any atom is -0.493 e. The van der Waals surface area contributed by atoms with Crippen LogP contribution in [0.1, 0.15) is 45.9 Å². The van der Waals surface area contributed by atoms with Gasteiger partial charge < -0.3 is 23.9 Å². The van der Waals surface area contributed by atoms with E-state index in [4.69, 9.17) is 25.8 Å². The van der Waals surface area contributed by atoms with Gasteiger partial charge in [0.05, 0.1) is 31.8 Å². The first-order valence-corrected chi connectivity index (χ1v) is 11.5. The van der Waals surface area contributed by atoms with Gasteiger partial charge in [0, 0.05) is 28.9 Å². The molecule has 0 spiro atoms. The molecule has 0 amide bonds. The predicted molar refractivity (Wildman–Crippen MR) is 128 cm³/mol. The number of halogens is 2. The van der Waals surface area contributed by atoms with E-state index in [0.717, 1.165) is 0 Å². The molecule has 2 atom stereocenters. The summed E-state index contributed by atoms with van der Waals surface area (Å²) < 4.78 is 36.3. The number of aromatic carboxylic acids is 1. The summed E-state index contributed by atoms with van der Waals surface area (Å²) in [4.78, 5) is 11.5. The number of fused-ring (bicyclic) bond motifs is 3. The van der Waals surface area contributed by atoms with Crippen molar-refractivity contribution in [2.45, 2.75) is 25.2 Å². The third-order valence-corrected chi connectivity index (χ3v) is 6.37. The molecule has 1 N–H and O–H groups in total. The molecule has 2 aromatic heterocycles. The van der Waals surface area contributed by atoms with E-state index in [-0.39, 0.29) is 17.3 Å². The van der Waals surface area contributed by atoms with Crippen LogP contribution in [0.4, 0.5) is 4.39 Å². The van der Waals surface area contributed by atoms with Crippen LogP contribution in [-0.2, 0) is 11.3 Å². The zero-order valence-electron chi connectivity index (χ0n) is 19.4. The summed E-state index contributed by atoms with van der Waals surface area (Å²) in [6.07, 6.45) is 1.93. The number of nitrogens with zero attached hydrogens (tertiary/aromatic N) is 4. The van der Waals surface area contributed by atoms with Crippen LogP contribution in [0.3, 0.4) is 0 Å². The first-order chi connectivity index (χ1) is 17.4. The van der Waals surface area contributed by atoms with Gasteiger partial charge in [0.2, 0.25) is 0 Å². The molecule has 0 fully saturated rings. The minimum atomic E-state index is -1.13. The monoisotopic (exact) mass is 512 g/mol. The molecule has 0 radical (unpaired) electrons. The number of methoxy groups -OCH3 is 2. The highest BCUT2D eigenvalue weighted by Crippen LogP contribution is 2.47. The third kappa shape index (κ3) is 4.08. The van der Waals surface area contributed by atoms with Crippen LogP contribution in [-0.4, -0.2) is 44.9 Å². The van der Waals surface area contributed by atoms with Crippen LogP contribution >= 0.6 is 11.6 Å². The van der Waals surface area contributed by atoms with Gasteiger partial charge in [0.15, 0.2) is 17.2 Å². The minimum absolute atomic E-state index is 0.0360. The van der Waals surface area contributed by atoms with E-state index in [1.165, 1.54) is 31.2 Å². The molecule has 5 rings (SSSR count). The molecule has 0 bridgehead atoms. The molecule has 9 nitrogen and oxygen atoms in total. The Morgan fingerprint density at radius 1 is 1.19 bits per heavy atom. The number of carboxylic acid groups (broad SMARTS) is 1. The van der Waals surface area contributed by atoms with Crippen LogP contribution in [0.5, 0.6) is 11.5 Å². The topological polar surface area (TPSA) is 101 Å². The van der Waals surface area contributed by atoms with Crippen molar-refractivity contribution < 1.29 is 28.5 Å². The summed E-state index contributed by atoms with van der Waals surface area (Å²) in [5, 5.41) is 17.2. The molecule has 1 aliphatic rings. The van der Waals surface area contributed by atoms with Crippen molar-refractivity contribution in [1.82, 2.24) is 19.6 Å². The average molecular weight is 513 g/mol. The average Bonchev–Trinajstić information content (AvgIpc) is 3.51. The molecule has 186 valence electrons. The Kier molecular flexibility index (Phi) is 6.38. The number of carbonyl (C=O) groups is 1. The number of rotatable bonds is 7. The number of aryl methyl sites for hydroxylation is 1. The van der Waals surface area contributed by atoms with Gasteiger partial charge >= 0.3 is 5.97 Å². The lowest BCUT2D eigenvalue weighted by molar-refractivity contribution is -0.00196. The number of ether oxygens (including phenoxy) is 3. The van der Waals surface area contributed by atoms with E-state index in [2.05, 4.69) is 10.3 Å². The lowest BCUT2D eigenvalue weighted by Gasteiger charge is -2.25. The van der Waals surface area contributed by atoms with Crippen LogP contribution in [0, 0.1) is 5.82 Å². The Morgan fingerprint density at radius 3 is 2.78 bits per heavy atom. The molecule has 1 aliphatic heterocycles. The van der Waals surface area contributed by atoms with Crippen molar-refractivity contribution in [1.29, 1.82) is 0 Å². The first kappa shape index (κ1) is 23.8.